The maximum absolute atomic E-state index is 13.3. The minimum atomic E-state index is -1.03. The molecule has 0 spiro atoms. The number of nitro groups is 1. The van der Waals surface area contributed by atoms with Gasteiger partial charge in [0.15, 0.2) is 0 Å². The van der Waals surface area contributed by atoms with Crippen LogP contribution in [0.25, 0.3) is 0 Å². The van der Waals surface area contributed by atoms with Crippen LogP contribution in [0.3, 0.4) is 0 Å². The predicted molar refractivity (Wildman–Crippen MR) is 68.8 cm³/mol. The van der Waals surface area contributed by atoms with Crippen molar-refractivity contribution in [3.8, 4) is 5.75 Å². The lowest BCUT2D eigenvalue weighted by Gasteiger charge is -2.08. The molecule has 0 aromatic heterocycles. The molecular formula is C13H8ClF2NO3. The van der Waals surface area contributed by atoms with Crippen LogP contribution in [0, 0.1) is 21.7 Å². The van der Waals surface area contributed by atoms with Crippen molar-refractivity contribution in [3.05, 3.63) is 68.7 Å². The molecule has 0 saturated carbocycles. The zero-order chi connectivity index (χ0) is 14.7. The fourth-order valence-electron chi connectivity index (χ4n) is 1.51. The Balaban J connectivity index is 2.18. The molecule has 0 amide bonds. The van der Waals surface area contributed by atoms with E-state index in [1.165, 1.54) is 24.3 Å². The van der Waals surface area contributed by atoms with E-state index in [9.17, 15) is 18.9 Å². The van der Waals surface area contributed by atoms with Gasteiger partial charge in [0.05, 0.1) is 16.0 Å². The number of benzene rings is 2. The lowest BCUT2D eigenvalue weighted by atomic mass is 10.2. The maximum Gasteiger partial charge on any atom is 0.308 e. The van der Waals surface area contributed by atoms with Crippen molar-refractivity contribution >= 4 is 17.3 Å². The molecule has 2 aromatic rings. The first kappa shape index (κ1) is 14.2. The molecule has 0 fully saturated rings. The molecule has 0 aliphatic rings. The molecule has 0 aliphatic heterocycles. The Hall–Kier alpha value is -2.21. The summed E-state index contributed by atoms with van der Waals surface area (Å²) in [5.74, 6) is -1.43. The molecule has 0 heterocycles. The van der Waals surface area contributed by atoms with Gasteiger partial charge in [-0.25, -0.2) is 4.39 Å². The van der Waals surface area contributed by atoms with Crippen LogP contribution < -0.4 is 4.74 Å². The van der Waals surface area contributed by atoms with Crippen LogP contribution in [0.15, 0.2) is 36.4 Å². The van der Waals surface area contributed by atoms with Crippen molar-refractivity contribution in [3.63, 3.8) is 0 Å². The lowest BCUT2D eigenvalue weighted by molar-refractivity contribution is -0.387. The van der Waals surface area contributed by atoms with Gasteiger partial charge in [-0.15, -0.1) is 0 Å². The molecule has 2 rings (SSSR count). The minimum absolute atomic E-state index is 0.0101. The zero-order valence-corrected chi connectivity index (χ0v) is 10.7. The Morgan fingerprint density at radius 3 is 2.45 bits per heavy atom. The van der Waals surface area contributed by atoms with E-state index in [0.29, 0.717) is 5.56 Å². The number of ether oxygens (including phenoxy) is 1. The zero-order valence-electron chi connectivity index (χ0n) is 9.98. The van der Waals surface area contributed by atoms with Gasteiger partial charge in [-0.3, -0.25) is 10.1 Å². The van der Waals surface area contributed by atoms with Gasteiger partial charge >= 0.3 is 5.69 Å². The van der Waals surface area contributed by atoms with E-state index in [1.807, 2.05) is 0 Å². The first-order valence-corrected chi connectivity index (χ1v) is 5.86. The van der Waals surface area contributed by atoms with E-state index in [4.69, 9.17) is 16.3 Å². The second-order valence-corrected chi connectivity index (χ2v) is 4.31. The summed E-state index contributed by atoms with van der Waals surface area (Å²) in [5, 5.41) is 10.5. The Kier molecular flexibility index (Phi) is 4.14. The summed E-state index contributed by atoms with van der Waals surface area (Å²) in [6, 6.07) is 7.25. The topological polar surface area (TPSA) is 52.4 Å². The van der Waals surface area contributed by atoms with Crippen molar-refractivity contribution in [2.24, 2.45) is 0 Å². The third-order valence-corrected chi connectivity index (χ3v) is 2.80. The highest BCUT2D eigenvalue weighted by Crippen LogP contribution is 2.32. The molecule has 0 aliphatic carbocycles. The molecule has 0 N–H and O–H groups in total. The van der Waals surface area contributed by atoms with Gasteiger partial charge in [-0.2, -0.15) is 4.39 Å². The van der Waals surface area contributed by atoms with E-state index >= 15 is 0 Å². The fourth-order valence-corrected chi connectivity index (χ4v) is 1.72. The Morgan fingerprint density at radius 2 is 1.85 bits per heavy atom. The summed E-state index contributed by atoms with van der Waals surface area (Å²) in [6.07, 6.45) is 0. The summed E-state index contributed by atoms with van der Waals surface area (Å²) >= 11 is 5.75. The summed E-state index contributed by atoms with van der Waals surface area (Å²) < 4.78 is 31.3. The molecule has 2 aromatic carbocycles. The van der Waals surface area contributed by atoms with Crippen LogP contribution in [0.2, 0.25) is 5.02 Å². The number of hydrogen-bond donors (Lipinski definition) is 0. The third kappa shape index (κ3) is 3.21. The Labute approximate surface area is 117 Å². The molecular weight excluding hydrogens is 292 g/mol. The van der Waals surface area contributed by atoms with Crippen LogP contribution in [-0.4, -0.2) is 4.92 Å². The standard InChI is InChI=1S/C13H8ClF2NO3/c14-10-5-11(16)12(17(18)19)6-13(10)20-7-8-1-3-9(15)4-2-8/h1-6H,7H2. The van der Waals surface area contributed by atoms with Crippen LogP contribution in [0.4, 0.5) is 14.5 Å². The highest BCUT2D eigenvalue weighted by Gasteiger charge is 2.18. The predicted octanol–water partition coefficient (Wildman–Crippen LogP) is 4.11. The molecule has 20 heavy (non-hydrogen) atoms. The smallest absolute Gasteiger partial charge is 0.308 e. The van der Waals surface area contributed by atoms with Gasteiger partial charge < -0.3 is 4.74 Å². The molecule has 0 saturated heterocycles. The van der Waals surface area contributed by atoms with Crippen LogP contribution in [0.5, 0.6) is 5.75 Å². The lowest BCUT2D eigenvalue weighted by Crippen LogP contribution is -1.99. The van der Waals surface area contributed by atoms with Crippen LogP contribution in [0.1, 0.15) is 5.56 Å². The first-order valence-electron chi connectivity index (χ1n) is 5.48. The fraction of sp³-hybridized carbons (Fsp3) is 0.0769. The second-order valence-electron chi connectivity index (χ2n) is 3.91. The number of nitro benzene ring substituents is 1. The summed E-state index contributed by atoms with van der Waals surface area (Å²) in [7, 11) is 0. The highest BCUT2D eigenvalue weighted by molar-refractivity contribution is 6.32. The van der Waals surface area contributed by atoms with Crippen molar-refractivity contribution in [2.75, 3.05) is 0 Å². The first-order chi connectivity index (χ1) is 9.47. The number of rotatable bonds is 4. The van der Waals surface area contributed by atoms with Gasteiger partial charge in [0, 0.05) is 6.07 Å². The van der Waals surface area contributed by atoms with Crippen molar-refractivity contribution in [1.29, 1.82) is 0 Å². The summed E-state index contributed by atoms with van der Waals surface area (Å²) in [6.45, 7) is 0.0305. The van der Waals surface area contributed by atoms with E-state index in [-0.39, 0.29) is 23.2 Å². The van der Waals surface area contributed by atoms with E-state index in [0.717, 1.165) is 12.1 Å². The second kappa shape index (κ2) is 5.83. The Bertz CT molecular complexity index is 647. The summed E-state index contributed by atoms with van der Waals surface area (Å²) in [4.78, 5) is 9.76. The van der Waals surface area contributed by atoms with Gasteiger partial charge in [0.2, 0.25) is 5.82 Å². The normalized spacial score (nSPS) is 10.3. The third-order valence-electron chi connectivity index (χ3n) is 2.51. The van der Waals surface area contributed by atoms with E-state index in [2.05, 4.69) is 0 Å². The largest absolute Gasteiger partial charge is 0.487 e. The molecule has 0 radical (unpaired) electrons. The number of halogens is 3. The number of hydrogen-bond acceptors (Lipinski definition) is 3. The van der Waals surface area contributed by atoms with Crippen LogP contribution in [-0.2, 0) is 6.61 Å². The average Bonchev–Trinajstić information content (AvgIpc) is 2.39. The SMILES string of the molecule is O=[N+]([O-])c1cc(OCc2ccc(F)cc2)c(Cl)cc1F. The Morgan fingerprint density at radius 1 is 1.20 bits per heavy atom. The minimum Gasteiger partial charge on any atom is -0.487 e. The van der Waals surface area contributed by atoms with Crippen LogP contribution >= 0.6 is 11.6 Å². The van der Waals surface area contributed by atoms with Gasteiger partial charge in [0.1, 0.15) is 18.2 Å². The molecule has 7 heteroatoms. The number of nitrogens with zero attached hydrogens (tertiary/aromatic N) is 1. The van der Waals surface area contributed by atoms with E-state index in [1.54, 1.807) is 0 Å². The van der Waals surface area contributed by atoms with Gasteiger partial charge in [0.25, 0.3) is 0 Å². The molecule has 0 bridgehead atoms. The molecule has 0 atom stereocenters. The quantitative estimate of drug-likeness (QED) is 0.630. The van der Waals surface area contributed by atoms with Crippen molar-refractivity contribution < 1.29 is 18.4 Å². The average molecular weight is 300 g/mol. The van der Waals surface area contributed by atoms with Gasteiger partial charge in [-0.05, 0) is 17.7 Å². The van der Waals surface area contributed by atoms with Crippen molar-refractivity contribution in [1.82, 2.24) is 0 Å². The summed E-state index contributed by atoms with van der Waals surface area (Å²) in [5.41, 5.74) is -0.0713. The van der Waals surface area contributed by atoms with E-state index < -0.39 is 16.4 Å². The molecule has 0 unspecified atom stereocenters. The highest BCUT2D eigenvalue weighted by atomic mass is 35.5. The monoisotopic (exact) mass is 299 g/mol. The molecule has 4 nitrogen and oxygen atoms in total. The maximum atomic E-state index is 13.3. The molecule has 104 valence electrons. The van der Waals surface area contributed by atoms with Gasteiger partial charge in [-0.1, -0.05) is 23.7 Å². The van der Waals surface area contributed by atoms with Crippen molar-refractivity contribution in [2.45, 2.75) is 6.61 Å².